The van der Waals surface area contributed by atoms with E-state index in [1.807, 2.05) is 39.0 Å². The average Bonchev–Trinajstić information content (AvgIpc) is 2.54. The fourth-order valence-electron chi connectivity index (χ4n) is 2.11. The van der Waals surface area contributed by atoms with E-state index in [9.17, 15) is 4.79 Å². The maximum absolute atomic E-state index is 11.8. The van der Waals surface area contributed by atoms with Gasteiger partial charge in [-0.05, 0) is 55.7 Å². The third kappa shape index (κ3) is 4.83. The molecule has 0 fully saturated rings. The molecule has 24 heavy (non-hydrogen) atoms. The number of rotatable bonds is 5. The molecule has 0 unspecified atom stereocenters. The zero-order valence-corrected chi connectivity index (χ0v) is 15.4. The number of carbonyl (C=O) groups excluding carboxylic acids is 1. The number of halogens is 1. The van der Waals surface area contributed by atoms with Crippen LogP contribution >= 0.6 is 15.9 Å². The number of aryl methyl sites for hydroxylation is 2. The van der Waals surface area contributed by atoms with Gasteiger partial charge in [0.15, 0.2) is 12.4 Å². The minimum Gasteiger partial charge on any atom is -0.482 e. The van der Waals surface area contributed by atoms with Crippen molar-refractivity contribution in [3.8, 4) is 5.75 Å². The Morgan fingerprint density at radius 2 is 1.96 bits per heavy atom. The molecule has 0 spiro atoms. The van der Waals surface area contributed by atoms with Gasteiger partial charge in [-0.25, -0.2) is 4.79 Å². The highest BCUT2D eigenvalue weighted by Gasteiger charge is 2.09. The van der Waals surface area contributed by atoms with Crippen molar-refractivity contribution in [3.05, 3.63) is 63.1 Å². The van der Waals surface area contributed by atoms with Gasteiger partial charge in [0.2, 0.25) is 0 Å². The first kappa shape index (κ1) is 18.0. The van der Waals surface area contributed by atoms with Gasteiger partial charge >= 0.3 is 5.97 Å². The molecule has 2 N–H and O–H groups in total. The average molecular weight is 391 g/mol. The van der Waals surface area contributed by atoms with Crippen LogP contribution in [0.25, 0.3) is 0 Å². The van der Waals surface area contributed by atoms with E-state index in [0.29, 0.717) is 11.3 Å². The SMILES string of the molecule is Cc1cc(C)c(C)c(OCC(=O)ON=C(N)c2cccc(Br)c2)c1. The van der Waals surface area contributed by atoms with Crippen LogP contribution in [0.1, 0.15) is 22.3 Å². The lowest BCUT2D eigenvalue weighted by molar-refractivity contribution is -0.146. The number of ether oxygens (including phenoxy) is 1. The van der Waals surface area contributed by atoms with E-state index in [4.69, 9.17) is 15.3 Å². The maximum Gasteiger partial charge on any atom is 0.372 e. The van der Waals surface area contributed by atoms with Crippen molar-refractivity contribution in [1.82, 2.24) is 0 Å². The first-order chi connectivity index (χ1) is 11.4. The molecule has 0 heterocycles. The van der Waals surface area contributed by atoms with Crippen LogP contribution < -0.4 is 10.5 Å². The molecule has 0 saturated carbocycles. The Morgan fingerprint density at radius 3 is 2.67 bits per heavy atom. The van der Waals surface area contributed by atoms with Crippen molar-refractivity contribution in [2.45, 2.75) is 20.8 Å². The van der Waals surface area contributed by atoms with Gasteiger partial charge in [0, 0.05) is 10.0 Å². The lowest BCUT2D eigenvalue weighted by atomic mass is 10.1. The molecule has 2 aromatic carbocycles. The Bertz CT molecular complexity index is 788. The van der Waals surface area contributed by atoms with Gasteiger partial charge in [0.1, 0.15) is 5.75 Å². The van der Waals surface area contributed by atoms with Crippen molar-refractivity contribution in [3.63, 3.8) is 0 Å². The van der Waals surface area contributed by atoms with E-state index in [0.717, 1.165) is 21.2 Å². The summed E-state index contributed by atoms with van der Waals surface area (Å²) in [6, 6.07) is 11.2. The second kappa shape index (κ2) is 7.97. The van der Waals surface area contributed by atoms with Crippen LogP contribution in [0.2, 0.25) is 0 Å². The van der Waals surface area contributed by atoms with E-state index >= 15 is 0 Å². The Kier molecular flexibility index (Phi) is 5.98. The molecule has 0 amide bonds. The molecular formula is C18H19BrN2O3. The third-order valence-electron chi connectivity index (χ3n) is 3.48. The van der Waals surface area contributed by atoms with Crippen molar-refractivity contribution in [2.75, 3.05) is 6.61 Å². The first-order valence-corrected chi connectivity index (χ1v) is 8.16. The lowest BCUT2D eigenvalue weighted by Crippen LogP contribution is -2.18. The Balaban J connectivity index is 1.95. The number of nitrogens with two attached hydrogens (primary N) is 1. The molecule has 0 aliphatic rings. The molecule has 0 saturated heterocycles. The summed E-state index contributed by atoms with van der Waals surface area (Å²) in [5.41, 5.74) is 9.62. The molecule has 5 nitrogen and oxygen atoms in total. The van der Waals surface area contributed by atoms with E-state index in [2.05, 4.69) is 27.2 Å². The summed E-state index contributed by atoms with van der Waals surface area (Å²) in [6.07, 6.45) is 0. The Hall–Kier alpha value is -2.34. The monoisotopic (exact) mass is 390 g/mol. The van der Waals surface area contributed by atoms with Crippen LogP contribution in [0.15, 0.2) is 46.0 Å². The quantitative estimate of drug-likeness (QED) is 0.366. The molecule has 2 rings (SSSR count). The van der Waals surface area contributed by atoms with Gasteiger partial charge in [-0.2, -0.15) is 0 Å². The van der Waals surface area contributed by atoms with Crippen LogP contribution in [0, 0.1) is 20.8 Å². The molecule has 0 aliphatic heterocycles. The molecule has 126 valence electrons. The zero-order valence-electron chi connectivity index (χ0n) is 13.8. The van der Waals surface area contributed by atoms with Crippen LogP contribution in [-0.2, 0) is 9.63 Å². The molecule has 0 atom stereocenters. The van der Waals surface area contributed by atoms with Gasteiger partial charge in [0.25, 0.3) is 0 Å². The molecule has 0 radical (unpaired) electrons. The second-order valence-corrected chi connectivity index (χ2v) is 6.36. The van der Waals surface area contributed by atoms with Gasteiger partial charge in [-0.15, -0.1) is 0 Å². The minimum atomic E-state index is -0.619. The van der Waals surface area contributed by atoms with Crippen LogP contribution in [0.4, 0.5) is 0 Å². The maximum atomic E-state index is 11.8. The smallest absolute Gasteiger partial charge is 0.372 e. The van der Waals surface area contributed by atoms with Crippen molar-refractivity contribution in [2.24, 2.45) is 10.9 Å². The standard InChI is InChI=1S/C18H19BrN2O3/c1-11-7-12(2)13(3)16(8-11)23-10-17(22)24-21-18(20)14-5-4-6-15(19)9-14/h4-9H,10H2,1-3H3,(H2,20,21). The van der Waals surface area contributed by atoms with Crippen molar-refractivity contribution in [1.29, 1.82) is 0 Å². The van der Waals surface area contributed by atoms with Crippen molar-refractivity contribution >= 4 is 27.7 Å². The summed E-state index contributed by atoms with van der Waals surface area (Å²) in [7, 11) is 0. The molecule has 0 aromatic heterocycles. The molecular weight excluding hydrogens is 372 g/mol. The van der Waals surface area contributed by atoms with Crippen molar-refractivity contribution < 1.29 is 14.4 Å². The molecule has 0 aliphatic carbocycles. The number of hydrogen-bond donors (Lipinski definition) is 1. The highest BCUT2D eigenvalue weighted by molar-refractivity contribution is 9.10. The normalized spacial score (nSPS) is 11.2. The fraction of sp³-hybridized carbons (Fsp3) is 0.222. The third-order valence-corrected chi connectivity index (χ3v) is 3.97. The zero-order chi connectivity index (χ0) is 17.7. The molecule has 0 bridgehead atoms. The summed E-state index contributed by atoms with van der Waals surface area (Å²) in [5.74, 6) is 0.159. The topological polar surface area (TPSA) is 73.9 Å². The summed E-state index contributed by atoms with van der Waals surface area (Å²) in [6.45, 7) is 5.68. The minimum absolute atomic E-state index is 0.118. The summed E-state index contributed by atoms with van der Waals surface area (Å²) in [5, 5.41) is 3.65. The first-order valence-electron chi connectivity index (χ1n) is 7.36. The predicted molar refractivity (Wildman–Crippen MR) is 97.1 cm³/mol. The number of oxime groups is 1. The van der Waals surface area contributed by atoms with Crippen LogP contribution in [0.3, 0.4) is 0 Å². The van der Waals surface area contributed by atoms with Crippen LogP contribution in [0.5, 0.6) is 5.75 Å². The lowest BCUT2D eigenvalue weighted by Gasteiger charge is -2.11. The highest BCUT2D eigenvalue weighted by atomic mass is 79.9. The van der Waals surface area contributed by atoms with Crippen LogP contribution in [-0.4, -0.2) is 18.4 Å². The number of amidine groups is 1. The highest BCUT2D eigenvalue weighted by Crippen LogP contribution is 2.23. The Labute approximate surface area is 149 Å². The number of nitrogens with zero attached hydrogens (tertiary/aromatic N) is 1. The number of carbonyl (C=O) groups is 1. The van der Waals surface area contributed by atoms with E-state index < -0.39 is 5.97 Å². The van der Waals surface area contributed by atoms with Gasteiger partial charge < -0.3 is 15.3 Å². The number of benzene rings is 2. The molecule has 2 aromatic rings. The number of hydrogen-bond acceptors (Lipinski definition) is 4. The largest absolute Gasteiger partial charge is 0.482 e. The Morgan fingerprint density at radius 1 is 1.21 bits per heavy atom. The van der Waals surface area contributed by atoms with E-state index in [1.165, 1.54) is 0 Å². The summed E-state index contributed by atoms with van der Waals surface area (Å²) in [4.78, 5) is 16.6. The fourth-order valence-corrected chi connectivity index (χ4v) is 2.51. The second-order valence-electron chi connectivity index (χ2n) is 5.44. The van der Waals surface area contributed by atoms with Gasteiger partial charge in [-0.3, -0.25) is 0 Å². The molecule has 6 heteroatoms. The van der Waals surface area contributed by atoms with Gasteiger partial charge in [-0.1, -0.05) is 39.3 Å². The van der Waals surface area contributed by atoms with E-state index in [1.54, 1.807) is 12.1 Å². The predicted octanol–water partition coefficient (Wildman–Crippen LogP) is 3.62. The summed E-state index contributed by atoms with van der Waals surface area (Å²) >= 11 is 3.34. The summed E-state index contributed by atoms with van der Waals surface area (Å²) < 4.78 is 6.38. The van der Waals surface area contributed by atoms with E-state index in [-0.39, 0.29) is 12.4 Å². The van der Waals surface area contributed by atoms with Gasteiger partial charge in [0.05, 0.1) is 0 Å².